The molecule has 3 unspecified atom stereocenters. The van der Waals surface area contributed by atoms with Gasteiger partial charge in [0.05, 0.1) is 43.9 Å². The number of rotatable bonds is 26. The van der Waals surface area contributed by atoms with Crippen molar-refractivity contribution in [3.63, 3.8) is 0 Å². The molecule has 0 saturated heterocycles. The second kappa shape index (κ2) is 22.0. The van der Waals surface area contributed by atoms with Crippen LogP contribution in [0.1, 0.15) is 124 Å². The van der Waals surface area contributed by atoms with Crippen molar-refractivity contribution < 1.29 is 34.2 Å². The third-order valence-corrected chi connectivity index (χ3v) is 8.00. The van der Waals surface area contributed by atoms with Crippen molar-refractivity contribution in [2.24, 2.45) is 17.8 Å². The highest BCUT2D eigenvalue weighted by atomic mass is 16.4. The summed E-state index contributed by atoms with van der Waals surface area (Å²) in [5, 5.41) is 28.2. The Bertz CT molecular complexity index is 617. The molecule has 0 saturated carbocycles. The minimum absolute atomic E-state index is 0.478. The standard InChI is InChI=1S/C31H57NO6/c1-5-6-7-8-9-10-11-12-13-14-15-16-17-18-22-32(23-19-26(2)29(33)34,24-20-27(3)30(35)36)25-21-28(4)31(37)38/h7-8,26-28H,5-6,9-25H2,1-4H3,(H2-,33,34,35,36,37,38)/p+1/b8-7+. The lowest BCUT2D eigenvalue weighted by molar-refractivity contribution is -0.929. The van der Waals surface area contributed by atoms with E-state index in [9.17, 15) is 29.7 Å². The van der Waals surface area contributed by atoms with E-state index in [1.807, 2.05) is 0 Å². The van der Waals surface area contributed by atoms with E-state index in [1.54, 1.807) is 20.8 Å². The van der Waals surface area contributed by atoms with Crippen molar-refractivity contribution in [2.45, 2.75) is 124 Å². The molecule has 3 atom stereocenters. The maximum atomic E-state index is 11.5. The number of allylic oxidation sites excluding steroid dienone is 2. The van der Waals surface area contributed by atoms with Crippen LogP contribution in [0.2, 0.25) is 0 Å². The summed E-state index contributed by atoms with van der Waals surface area (Å²) in [6.45, 7) is 10.1. The third kappa shape index (κ3) is 18.4. The van der Waals surface area contributed by atoms with E-state index in [0.717, 1.165) is 19.4 Å². The zero-order chi connectivity index (χ0) is 28.8. The van der Waals surface area contributed by atoms with Gasteiger partial charge in [0.25, 0.3) is 0 Å². The summed E-state index contributed by atoms with van der Waals surface area (Å²) in [6.07, 6.45) is 20.6. The smallest absolute Gasteiger partial charge is 0.306 e. The molecule has 0 aromatic rings. The lowest BCUT2D eigenvalue weighted by Crippen LogP contribution is -2.52. The predicted molar refractivity (Wildman–Crippen MR) is 154 cm³/mol. The lowest BCUT2D eigenvalue weighted by atomic mass is 10.0. The molecule has 0 aromatic carbocycles. The fourth-order valence-electron chi connectivity index (χ4n) is 4.79. The van der Waals surface area contributed by atoms with E-state index in [4.69, 9.17) is 0 Å². The fourth-order valence-corrected chi connectivity index (χ4v) is 4.79. The Kier molecular flexibility index (Phi) is 20.9. The number of hydrogen-bond acceptors (Lipinski definition) is 3. The summed E-state index contributed by atoms with van der Waals surface area (Å²) in [5.41, 5.74) is 0. The van der Waals surface area contributed by atoms with Gasteiger partial charge in [-0.3, -0.25) is 14.4 Å². The summed E-state index contributed by atoms with van der Waals surface area (Å²) in [7, 11) is 0. The van der Waals surface area contributed by atoms with Crippen molar-refractivity contribution in [3.8, 4) is 0 Å². The zero-order valence-electron chi connectivity index (χ0n) is 24.8. The van der Waals surface area contributed by atoms with E-state index in [0.29, 0.717) is 43.4 Å². The summed E-state index contributed by atoms with van der Waals surface area (Å²) < 4.78 is 0.611. The number of unbranched alkanes of at least 4 members (excludes halogenated alkanes) is 10. The van der Waals surface area contributed by atoms with Crippen LogP contribution in [-0.4, -0.2) is 63.9 Å². The van der Waals surface area contributed by atoms with Gasteiger partial charge in [-0.2, -0.15) is 0 Å². The molecule has 0 heterocycles. The van der Waals surface area contributed by atoms with E-state index in [2.05, 4.69) is 19.1 Å². The number of carbonyl (C=O) groups is 3. The van der Waals surface area contributed by atoms with Crippen LogP contribution in [-0.2, 0) is 14.4 Å². The molecule has 0 aliphatic heterocycles. The quantitative estimate of drug-likeness (QED) is 0.0599. The first-order chi connectivity index (χ1) is 18.0. The summed E-state index contributed by atoms with van der Waals surface area (Å²) in [4.78, 5) is 34.4. The highest BCUT2D eigenvalue weighted by Gasteiger charge is 2.31. The van der Waals surface area contributed by atoms with Gasteiger partial charge < -0.3 is 19.8 Å². The van der Waals surface area contributed by atoms with Crippen LogP contribution in [0.4, 0.5) is 0 Å². The molecule has 0 spiro atoms. The Hall–Kier alpha value is -1.89. The lowest BCUT2D eigenvalue weighted by Gasteiger charge is -2.40. The van der Waals surface area contributed by atoms with Crippen LogP contribution >= 0.6 is 0 Å². The summed E-state index contributed by atoms with van der Waals surface area (Å²) in [5.74, 6) is -3.91. The van der Waals surface area contributed by atoms with Crippen LogP contribution in [0.3, 0.4) is 0 Å². The maximum absolute atomic E-state index is 11.5. The van der Waals surface area contributed by atoms with Gasteiger partial charge in [-0.05, 0) is 32.1 Å². The molecule has 3 N–H and O–H groups in total. The minimum atomic E-state index is -0.825. The van der Waals surface area contributed by atoms with E-state index in [1.165, 1.54) is 64.2 Å². The predicted octanol–water partition coefficient (Wildman–Crippen LogP) is 7.39. The molecule has 0 fully saturated rings. The first-order valence-corrected chi connectivity index (χ1v) is 15.2. The molecule has 7 nitrogen and oxygen atoms in total. The van der Waals surface area contributed by atoms with E-state index in [-0.39, 0.29) is 0 Å². The van der Waals surface area contributed by atoms with Crippen molar-refractivity contribution in [1.82, 2.24) is 0 Å². The van der Waals surface area contributed by atoms with Crippen LogP contribution < -0.4 is 0 Å². The Morgan fingerprint density at radius 1 is 0.553 bits per heavy atom. The van der Waals surface area contributed by atoms with Gasteiger partial charge in [-0.15, -0.1) is 0 Å². The van der Waals surface area contributed by atoms with Crippen LogP contribution in [0.15, 0.2) is 12.2 Å². The minimum Gasteiger partial charge on any atom is -0.481 e. The van der Waals surface area contributed by atoms with Gasteiger partial charge in [0.2, 0.25) is 0 Å². The molecular formula is C31H58NO6+. The second-order valence-electron chi connectivity index (χ2n) is 11.6. The highest BCUT2D eigenvalue weighted by Crippen LogP contribution is 2.22. The molecular weight excluding hydrogens is 482 g/mol. The monoisotopic (exact) mass is 540 g/mol. The van der Waals surface area contributed by atoms with Crippen LogP contribution in [0, 0.1) is 17.8 Å². The summed E-state index contributed by atoms with van der Waals surface area (Å²) >= 11 is 0. The van der Waals surface area contributed by atoms with Gasteiger partial charge in [-0.25, -0.2) is 0 Å². The second-order valence-corrected chi connectivity index (χ2v) is 11.6. The van der Waals surface area contributed by atoms with Crippen molar-refractivity contribution >= 4 is 17.9 Å². The van der Waals surface area contributed by atoms with Gasteiger partial charge >= 0.3 is 17.9 Å². The molecule has 0 bridgehead atoms. The van der Waals surface area contributed by atoms with Crippen molar-refractivity contribution in [2.75, 3.05) is 26.2 Å². The summed E-state index contributed by atoms with van der Waals surface area (Å²) in [6, 6.07) is 0. The van der Waals surface area contributed by atoms with E-state index < -0.39 is 35.7 Å². The number of carboxylic acid groups (broad SMARTS) is 3. The Balaban J connectivity index is 4.77. The molecule has 7 heteroatoms. The number of aliphatic carboxylic acids is 3. The molecule has 0 aliphatic carbocycles. The molecule has 222 valence electrons. The van der Waals surface area contributed by atoms with Crippen molar-refractivity contribution in [3.05, 3.63) is 12.2 Å². The molecule has 38 heavy (non-hydrogen) atoms. The first-order valence-electron chi connectivity index (χ1n) is 15.2. The molecule has 0 amide bonds. The number of nitrogens with zero attached hydrogens (tertiary/aromatic N) is 1. The Labute approximate surface area is 232 Å². The van der Waals surface area contributed by atoms with Crippen molar-refractivity contribution in [1.29, 1.82) is 0 Å². The van der Waals surface area contributed by atoms with Gasteiger partial charge in [-0.1, -0.05) is 84.8 Å². The molecule has 0 aliphatic rings. The number of carboxylic acids is 3. The van der Waals surface area contributed by atoms with Gasteiger partial charge in [0.1, 0.15) is 0 Å². The van der Waals surface area contributed by atoms with Crippen LogP contribution in [0.5, 0.6) is 0 Å². The SMILES string of the molecule is CCC/C=C/CCCCCCCCCCC[N+](CCC(C)C(=O)O)(CCC(C)C(=O)O)CCC(C)C(=O)O. The number of hydrogen-bond donors (Lipinski definition) is 3. The van der Waals surface area contributed by atoms with E-state index >= 15 is 0 Å². The average Bonchev–Trinajstić information content (AvgIpc) is 2.88. The maximum Gasteiger partial charge on any atom is 0.306 e. The van der Waals surface area contributed by atoms with Crippen LogP contribution in [0.25, 0.3) is 0 Å². The normalized spacial score (nSPS) is 15.7. The highest BCUT2D eigenvalue weighted by molar-refractivity contribution is 5.70. The topological polar surface area (TPSA) is 112 Å². The number of quaternary nitrogens is 1. The van der Waals surface area contributed by atoms with Gasteiger partial charge in [0, 0.05) is 19.3 Å². The molecule has 0 aromatic heterocycles. The first kappa shape index (κ1) is 36.1. The third-order valence-electron chi connectivity index (χ3n) is 8.00. The Morgan fingerprint density at radius 2 is 0.895 bits per heavy atom. The van der Waals surface area contributed by atoms with Gasteiger partial charge in [0.15, 0.2) is 0 Å². The molecule has 0 rings (SSSR count). The average molecular weight is 541 g/mol. The molecule has 0 radical (unpaired) electrons. The largest absolute Gasteiger partial charge is 0.481 e. The fraction of sp³-hybridized carbons (Fsp3) is 0.839. The Morgan fingerprint density at radius 3 is 1.26 bits per heavy atom. The zero-order valence-corrected chi connectivity index (χ0v) is 24.8.